The van der Waals surface area contributed by atoms with Crippen LogP contribution in [0.15, 0.2) is 25.3 Å². The van der Waals surface area contributed by atoms with Gasteiger partial charge < -0.3 is 18.9 Å². The first kappa shape index (κ1) is 42.5. The Morgan fingerprint density at radius 2 is 0.938 bits per heavy atom. The van der Waals surface area contributed by atoms with Crippen LogP contribution in [-0.4, -0.2) is 11.9 Å². The van der Waals surface area contributed by atoms with Gasteiger partial charge in [-0.3, -0.25) is 0 Å². The first-order chi connectivity index (χ1) is 13.6. The molecule has 1 aromatic carbocycles. The predicted octanol–water partition coefficient (Wildman–Crippen LogP) is 7.71. The molecule has 0 fully saturated rings. The third-order valence-corrected chi connectivity index (χ3v) is 3.73. The van der Waals surface area contributed by atoms with Gasteiger partial charge in [0.05, 0.1) is 0 Å². The maximum absolute atomic E-state index is 9.78. The summed E-state index contributed by atoms with van der Waals surface area (Å²) in [6.07, 6.45) is 3.35. The second kappa shape index (κ2) is 25.4. The molecule has 0 aliphatic carbocycles. The second-order valence-corrected chi connectivity index (χ2v) is 5.76. The largest absolute Gasteiger partial charge is 0.663 e. The summed E-state index contributed by atoms with van der Waals surface area (Å²) >= 11 is 23.2. The molecule has 0 aliphatic heterocycles. The number of hydrogen-bond acceptors (Lipinski definition) is 6. The van der Waals surface area contributed by atoms with Crippen molar-refractivity contribution in [2.24, 2.45) is 0 Å². The second-order valence-electron chi connectivity index (χ2n) is 4.24. The van der Waals surface area contributed by atoms with Crippen molar-refractivity contribution >= 4 is 58.3 Å². The Balaban J connectivity index is -0.0000000800. The van der Waals surface area contributed by atoms with Crippen molar-refractivity contribution in [1.29, 1.82) is 0 Å². The number of rotatable bonds is 4. The van der Waals surface area contributed by atoms with Gasteiger partial charge in [0.1, 0.15) is 31.6 Å². The van der Waals surface area contributed by atoms with Gasteiger partial charge in [0.2, 0.25) is 0 Å². The van der Waals surface area contributed by atoms with Gasteiger partial charge in [-0.2, -0.15) is 28.4 Å². The molecule has 32 heavy (non-hydrogen) atoms. The van der Waals surface area contributed by atoms with E-state index >= 15 is 0 Å². The van der Waals surface area contributed by atoms with E-state index in [1.165, 1.54) is 6.42 Å². The summed E-state index contributed by atoms with van der Waals surface area (Å²) in [7, 11) is 12.0. The summed E-state index contributed by atoms with van der Waals surface area (Å²) in [6.45, 7) is 10.5. The summed E-state index contributed by atoms with van der Waals surface area (Å²) in [5, 5.41) is 0.314. The van der Waals surface area contributed by atoms with Crippen LogP contribution in [0.1, 0.15) is 27.7 Å². The van der Waals surface area contributed by atoms with Gasteiger partial charge in [-0.25, -0.2) is 9.59 Å². The van der Waals surface area contributed by atoms with Crippen LogP contribution < -0.4 is 9.47 Å². The molecule has 1 rings (SSSR count). The first-order valence-corrected chi connectivity index (χ1v) is 8.96. The fraction of sp³-hybridized carbons (Fsp3) is 0.200. The summed E-state index contributed by atoms with van der Waals surface area (Å²) in [5.41, 5.74) is 0. The maximum atomic E-state index is 9.78. The van der Waals surface area contributed by atoms with Crippen LogP contribution >= 0.6 is 46.4 Å². The van der Waals surface area contributed by atoms with Crippen LogP contribution in [-0.2, 0) is 19.1 Å². The number of esters is 2. The van der Waals surface area contributed by atoms with E-state index in [4.69, 9.17) is 46.4 Å². The molecule has 0 spiro atoms. The molecule has 0 saturated heterocycles. The molecule has 0 saturated carbocycles. The number of halogens is 4. The average Bonchev–Trinajstić information content (AvgIpc) is 2.73. The molecule has 0 radical (unpaired) electrons. The van der Waals surface area contributed by atoms with E-state index in [1.54, 1.807) is 0 Å². The van der Waals surface area contributed by atoms with Crippen molar-refractivity contribution in [3.8, 4) is 11.5 Å². The zero-order chi connectivity index (χ0) is 23.6. The van der Waals surface area contributed by atoms with Gasteiger partial charge in [0.15, 0.2) is 0 Å². The molecule has 0 aromatic heterocycles. The summed E-state index contributed by atoms with van der Waals surface area (Å²) < 4.78 is 17.1. The van der Waals surface area contributed by atoms with Gasteiger partial charge in [-0.05, 0) is 0 Å². The zero-order valence-corrected chi connectivity index (χ0v) is 33.3. The third kappa shape index (κ3) is 16.2. The van der Waals surface area contributed by atoms with Crippen LogP contribution in [0.5, 0.6) is 11.5 Å². The van der Waals surface area contributed by atoms with Gasteiger partial charge in [0.25, 0.3) is 11.9 Å². The average molecular weight is 1040 g/mol. The molecule has 1 aromatic rings. The monoisotopic (exact) mass is 1040 g/mol. The third-order valence-electron chi connectivity index (χ3n) is 2.09. The quantitative estimate of drug-likeness (QED) is 0.133. The number of hydrogen-bond donors (Lipinski definition) is 0. The fourth-order valence-electron chi connectivity index (χ4n) is 0.963. The van der Waals surface area contributed by atoms with E-state index in [9.17, 15) is 9.59 Å². The molecule has 178 valence electrons. The van der Waals surface area contributed by atoms with Crippen LogP contribution in [0, 0.1) is 28.4 Å². The first-order valence-electron chi connectivity index (χ1n) is 7.44. The molecule has 0 N–H and O–H groups in total. The Morgan fingerprint density at radius 3 is 1.00 bits per heavy atom. The Bertz CT molecular complexity index is 590. The van der Waals surface area contributed by atoms with Crippen molar-refractivity contribution in [2.75, 3.05) is 0 Å². The Morgan fingerprint density at radius 1 is 0.750 bits per heavy atom. The molecule has 0 heterocycles. The molecular formula is C20H26Cl4O6Rf2-4. The summed E-state index contributed by atoms with van der Waals surface area (Å²) in [5.74, 6) is -0.807. The molecule has 0 atom stereocenters. The van der Waals surface area contributed by atoms with Crippen molar-refractivity contribution in [1.82, 2.24) is 0 Å². The molecular weight excluding hydrogens is 1010 g/mol. The normalized spacial score (nSPS) is 7.56. The van der Waals surface area contributed by atoms with Gasteiger partial charge >= 0.3 is 0 Å². The Labute approximate surface area is 199 Å². The van der Waals surface area contributed by atoms with E-state index in [0.29, 0.717) is 0 Å². The van der Waals surface area contributed by atoms with Crippen molar-refractivity contribution in [2.45, 2.75) is 27.7 Å². The maximum Gasteiger partial charge on any atom is 0.298 e. The number of benzene rings is 1. The van der Waals surface area contributed by atoms with E-state index in [0.717, 1.165) is 12.2 Å². The molecule has 0 amide bonds. The minimum absolute atomic E-state index is 0. The van der Waals surface area contributed by atoms with Crippen LogP contribution in [0.3, 0.4) is 0 Å². The van der Waals surface area contributed by atoms with Gasteiger partial charge in [-0.15, -0.1) is 0 Å². The number of carbonyl (C=O) groups excluding carboxylic acids is 2. The van der Waals surface area contributed by atoms with Crippen molar-refractivity contribution < 1.29 is 28.5 Å². The predicted molar refractivity (Wildman–Crippen MR) is 124 cm³/mol. The van der Waals surface area contributed by atoms with Gasteiger partial charge in [-0.1, -0.05) is 87.3 Å². The van der Waals surface area contributed by atoms with Crippen LogP contribution in [0.4, 0.5) is 0 Å². The molecule has 0 unspecified atom stereocenters. The van der Waals surface area contributed by atoms with Gasteiger partial charge in [0, 0.05) is 12.2 Å². The van der Waals surface area contributed by atoms with Crippen molar-refractivity contribution in [3.63, 3.8) is 0 Å². The Hall–Kier alpha value is -3.60. The smallest absolute Gasteiger partial charge is 0.298 e. The summed E-state index contributed by atoms with van der Waals surface area (Å²) in [6, 6.07) is 0. The van der Waals surface area contributed by atoms with E-state index in [-0.39, 0.29) is 39.0 Å². The Kier molecular flexibility index (Phi) is 33.8. The molecule has 6 nitrogen and oxygen atoms in total. The SMILES string of the molecule is C.C=CC(=O)O[CH2-].C=CC(=O)O[CH2-].CCC.[CH2-]Oc1c(Cl)c(Cl)c(O[CH2-])c(Cl)c1Cl.[Rf].[Rf]. The van der Waals surface area contributed by atoms with Crippen LogP contribution in [0.25, 0.3) is 0 Å². The standard InChI is InChI=1S/C8H4Cl4O2.2C4H5O2.C3H8.CH4.2Rf/c1-13-7-3(9)5(11)8(14-2)6(12)4(7)10;2*1-3-4(5)6-2;1-3-2;;;/h1-2H2;2*3H,1-2H2;3H2,1-2H3;1H4;;/q-2;2*-1;;;;. The zero-order valence-electron chi connectivity index (χ0n) is 17.5. The number of ether oxygens (including phenoxy) is 4. The topological polar surface area (TPSA) is 71.1 Å². The summed E-state index contributed by atoms with van der Waals surface area (Å²) in [4.78, 5) is 19.6. The van der Waals surface area contributed by atoms with Crippen molar-refractivity contribution in [3.05, 3.63) is 73.8 Å². The van der Waals surface area contributed by atoms with E-state index < -0.39 is 11.9 Å². The molecule has 12 heteroatoms. The fourth-order valence-corrected chi connectivity index (χ4v) is 2.00. The van der Waals surface area contributed by atoms with Crippen LogP contribution in [0.2, 0.25) is 20.1 Å². The molecule has 0 aliphatic rings. The van der Waals surface area contributed by atoms with E-state index in [1.807, 2.05) is 0 Å². The number of carbonyl (C=O) groups is 2. The minimum atomic E-state index is -0.505. The molecule has 0 bridgehead atoms. The van der Waals surface area contributed by atoms with E-state index in [2.05, 4.69) is 74.4 Å². The minimum Gasteiger partial charge on any atom is -0.663 e.